The fourth-order valence-corrected chi connectivity index (χ4v) is 6.44. The number of hydrogen-bond donors (Lipinski definition) is 4. The predicted molar refractivity (Wildman–Crippen MR) is 191 cm³/mol. The van der Waals surface area contributed by atoms with Crippen LogP contribution in [0.15, 0.2) is 0 Å². The maximum absolute atomic E-state index is 13.6. The Bertz CT molecular complexity index is 611. The number of nitrogens with two attached hydrogens (primary N) is 3. The van der Waals surface area contributed by atoms with E-state index in [1.807, 2.05) is 0 Å². The number of carbonyl (C=O) groups is 2. The average Bonchev–Trinajstić information content (AvgIpc) is 3.01. The Labute approximate surface area is 274 Å². The summed E-state index contributed by atoms with van der Waals surface area (Å²) in [7, 11) is 0. The molecular formula is C37H77N5O2. The van der Waals surface area contributed by atoms with Gasteiger partial charge in [-0.2, -0.15) is 0 Å². The van der Waals surface area contributed by atoms with E-state index in [0.29, 0.717) is 39.0 Å². The zero-order valence-corrected chi connectivity index (χ0v) is 29.6. The van der Waals surface area contributed by atoms with Crippen LogP contribution in [0.1, 0.15) is 181 Å². The number of rotatable bonds is 35. The molecule has 7 nitrogen and oxygen atoms in total. The van der Waals surface area contributed by atoms with Gasteiger partial charge in [0.2, 0.25) is 11.8 Å². The van der Waals surface area contributed by atoms with Crippen molar-refractivity contribution < 1.29 is 9.59 Å². The van der Waals surface area contributed by atoms with Crippen LogP contribution in [-0.4, -0.2) is 56.0 Å². The topological polar surface area (TPSA) is 127 Å². The molecule has 44 heavy (non-hydrogen) atoms. The molecule has 0 aliphatic heterocycles. The summed E-state index contributed by atoms with van der Waals surface area (Å²) in [6.07, 6.45) is 31.3. The van der Waals surface area contributed by atoms with Crippen LogP contribution < -0.4 is 22.5 Å². The van der Waals surface area contributed by atoms with Gasteiger partial charge in [-0.1, -0.05) is 168 Å². The van der Waals surface area contributed by atoms with Gasteiger partial charge in [-0.3, -0.25) is 14.5 Å². The van der Waals surface area contributed by atoms with Crippen LogP contribution in [0.3, 0.4) is 0 Å². The molecule has 0 aromatic heterocycles. The van der Waals surface area contributed by atoms with Gasteiger partial charge in [0.25, 0.3) is 0 Å². The lowest BCUT2D eigenvalue weighted by atomic mass is 9.76. The maximum atomic E-state index is 13.6. The van der Waals surface area contributed by atoms with Crippen molar-refractivity contribution in [3.05, 3.63) is 0 Å². The van der Waals surface area contributed by atoms with E-state index in [4.69, 9.17) is 17.2 Å². The van der Waals surface area contributed by atoms with Gasteiger partial charge in [-0.05, 0) is 12.8 Å². The summed E-state index contributed by atoms with van der Waals surface area (Å²) in [4.78, 5) is 28.7. The summed E-state index contributed by atoms with van der Waals surface area (Å²) in [5.74, 6) is -0.640. The molecule has 7 N–H and O–H groups in total. The number of nitrogens with zero attached hydrogens (tertiary/aromatic N) is 1. The molecule has 7 heteroatoms. The Morgan fingerprint density at radius 3 is 1.14 bits per heavy atom. The number of primary amides is 1. The Hall–Kier alpha value is -1.18. The lowest BCUT2D eigenvalue weighted by molar-refractivity contribution is -0.143. The van der Waals surface area contributed by atoms with Gasteiger partial charge in [-0.15, -0.1) is 0 Å². The molecule has 0 radical (unpaired) electrons. The van der Waals surface area contributed by atoms with E-state index < -0.39 is 11.3 Å². The van der Waals surface area contributed by atoms with E-state index in [2.05, 4.69) is 24.1 Å². The summed E-state index contributed by atoms with van der Waals surface area (Å²) < 4.78 is 0. The highest BCUT2D eigenvalue weighted by atomic mass is 16.2. The first-order chi connectivity index (χ1) is 21.5. The highest BCUT2D eigenvalue weighted by Gasteiger charge is 2.43. The van der Waals surface area contributed by atoms with Crippen molar-refractivity contribution in [3.8, 4) is 0 Å². The maximum Gasteiger partial charge on any atom is 0.235 e. The van der Waals surface area contributed by atoms with E-state index in [-0.39, 0.29) is 5.91 Å². The largest absolute Gasteiger partial charge is 0.369 e. The predicted octanol–water partition coefficient (Wildman–Crippen LogP) is 7.98. The zero-order chi connectivity index (χ0) is 32.6. The first-order valence-corrected chi connectivity index (χ1v) is 19.2. The molecule has 0 bridgehead atoms. The van der Waals surface area contributed by atoms with Crippen molar-refractivity contribution in [2.75, 3.05) is 39.3 Å². The normalized spacial score (nSPS) is 11.8. The molecule has 0 atom stereocenters. The average molecular weight is 624 g/mol. The molecule has 0 aromatic rings. The van der Waals surface area contributed by atoms with Gasteiger partial charge in [-0.25, -0.2) is 0 Å². The van der Waals surface area contributed by atoms with E-state index in [1.165, 1.54) is 116 Å². The molecule has 0 unspecified atom stereocenters. The molecule has 2 amide bonds. The number of hydrogen-bond acceptors (Lipinski definition) is 5. The van der Waals surface area contributed by atoms with Crippen molar-refractivity contribution in [1.82, 2.24) is 10.2 Å². The third-order valence-corrected chi connectivity index (χ3v) is 9.42. The van der Waals surface area contributed by atoms with Gasteiger partial charge in [0, 0.05) is 39.3 Å². The van der Waals surface area contributed by atoms with Crippen LogP contribution >= 0.6 is 0 Å². The second-order valence-electron chi connectivity index (χ2n) is 13.4. The van der Waals surface area contributed by atoms with Crippen LogP contribution in [0.2, 0.25) is 0 Å². The van der Waals surface area contributed by atoms with E-state index in [0.717, 1.165) is 51.6 Å². The van der Waals surface area contributed by atoms with Crippen molar-refractivity contribution >= 4 is 11.8 Å². The molecule has 0 fully saturated rings. The quantitative estimate of drug-likeness (QED) is 0.0420. The van der Waals surface area contributed by atoms with Gasteiger partial charge < -0.3 is 22.5 Å². The molecule has 262 valence electrons. The third-order valence-electron chi connectivity index (χ3n) is 9.42. The highest BCUT2D eigenvalue weighted by molar-refractivity contribution is 6.04. The minimum absolute atomic E-state index is 0.184. The Kier molecular flexibility index (Phi) is 30.9. The first kappa shape index (κ1) is 42.8. The molecule has 0 aliphatic carbocycles. The minimum Gasteiger partial charge on any atom is -0.369 e. The molecule has 0 aliphatic rings. The van der Waals surface area contributed by atoms with Crippen LogP contribution in [0.5, 0.6) is 0 Å². The molecule has 0 aromatic carbocycles. The van der Waals surface area contributed by atoms with Gasteiger partial charge >= 0.3 is 0 Å². The van der Waals surface area contributed by atoms with Crippen molar-refractivity contribution in [3.63, 3.8) is 0 Å². The Morgan fingerprint density at radius 1 is 0.523 bits per heavy atom. The van der Waals surface area contributed by atoms with Gasteiger partial charge in [0.15, 0.2) is 0 Å². The van der Waals surface area contributed by atoms with Crippen LogP contribution in [0.25, 0.3) is 0 Å². The Morgan fingerprint density at radius 2 is 0.841 bits per heavy atom. The van der Waals surface area contributed by atoms with E-state index >= 15 is 0 Å². The molecule has 0 saturated carbocycles. The molecule has 0 heterocycles. The van der Waals surface area contributed by atoms with Crippen molar-refractivity contribution in [1.29, 1.82) is 0 Å². The number of unbranched alkanes of at least 4 members (excludes halogenated alkanes) is 22. The van der Waals surface area contributed by atoms with Crippen molar-refractivity contribution in [2.45, 2.75) is 181 Å². The monoisotopic (exact) mass is 624 g/mol. The number of carbonyl (C=O) groups excluding carboxylic acids is 2. The summed E-state index contributed by atoms with van der Waals surface area (Å²) >= 11 is 0. The Balaban J connectivity index is 4.69. The van der Waals surface area contributed by atoms with Crippen LogP contribution in [-0.2, 0) is 9.59 Å². The van der Waals surface area contributed by atoms with E-state index in [1.54, 1.807) is 0 Å². The smallest absolute Gasteiger partial charge is 0.235 e. The number of nitrogens with one attached hydrogen (secondary N) is 1. The minimum atomic E-state index is -1.11. The summed E-state index contributed by atoms with van der Waals surface area (Å²) in [5.41, 5.74) is 16.4. The fourth-order valence-electron chi connectivity index (χ4n) is 6.44. The SMILES string of the molecule is CCCCCCCCCCCCCCC(CCCCCCCCCCCCCC)(C(N)=O)C(=O)NCCN(CCN)CCN. The second kappa shape index (κ2) is 31.8. The molecule has 0 rings (SSSR count). The fraction of sp³-hybridized carbons (Fsp3) is 0.946. The van der Waals surface area contributed by atoms with Crippen molar-refractivity contribution in [2.24, 2.45) is 22.6 Å². The zero-order valence-electron chi connectivity index (χ0n) is 29.6. The van der Waals surface area contributed by atoms with Gasteiger partial charge in [0.1, 0.15) is 5.41 Å². The second-order valence-corrected chi connectivity index (χ2v) is 13.4. The van der Waals surface area contributed by atoms with Crippen LogP contribution in [0.4, 0.5) is 0 Å². The standard InChI is InChI=1S/C37H77N5O2/c1-3-5-7-9-11-13-15-17-19-21-23-25-27-37(35(40)43,36(44)41-31-34-42(32-29-38)33-30-39)28-26-24-22-20-18-16-14-12-10-8-6-4-2/h3-34,38-39H2,1-2H3,(H2,40,43)(H,41,44). The lowest BCUT2D eigenvalue weighted by Gasteiger charge is -2.30. The summed E-state index contributed by atoms with van der Waals surface area (Å²) in [6.45, 7) is 8.27. The molecular weight excluding hydrogens is 546 g/mol. The third kappa shape index (κ3) is 23.2. The summed E-state index contributed by atoms with van der Waals surface area (Å²) in [6, 6.07) is 0. The number of amides is 2. The summed E-state index contributed by atoms with van der Waals surface area (Å²) in [5, 5.41) is 3.08. The first-order valence-electron chi connectivity index (χ1n) is 19.2. The molecule has 0 saturated heterocycles. The van der Waals surface area contributed by atoms with E-state index in [9.17, 15) is 9.59 Å². The molecule has 0 spiro atoms. The van der Waals surface area contributed by atoms with Gasteiger partial charge in [0.05, 0.1) is 0 Å². The van der Waals surface area contributed by atoms with Crippen LogP contribution in [0, 0.1) is 5.41 Å². The highest BCUT2D eigenvalue weighted by Crippen LogP contribution is 2.32. The lowest BCUT2D eigenvalue weighted by Crippen LogP contribution is -2.51.